The molecule has 0 spiro atoms. The van der Waals surface area contributed by atoms with E-state index in [-0.39, 0.29) is 30.1 Å². The molecule has 0 radical (unpaired) electrons. The van der Waals surface area contributed by atoms with Crippen LogP contribution in [0.3, 0.4) is 0 Å². The minimum absolute atomic E-state index is 0. The highest BCUT2D eigenvalue weighted by molar-refractivity contribution is 14.0. The number of aromatic nitrogens is 2. The second-order valence-electron chi connectivity index (χ2n) is 6.83. The molecule has 3 rings (SSSR count). The van der Waals surface area contributed by atoms with Crippen molar-refractivity contribution in [1.29, 1.82) is 0 Å². The Labute approximate surface area is 190 Å². The largest absolute Gasteiger partial charge is 0.379 e. The summed E-state index contributed by atoms with van der Waals surface area (Å²) < 4.78 is 13.3. The number of halogens is 1. The normalized spacial score (nSPS) is 16.4. The maximum absolute atomic E-state index is 5.78. The number of hydrogen-bond acceptors (Lipinski definition) is 4. The van der Waals surface area contributed by atoms with Gasteiger partial charge in [0.25, 0.3) is 0 Å². The summed E-state index contributed by atoms with van der Waals surface area (Å²) >= 11 is 0. The number of nitrogens with zero attached hydrogens (tertiary/aromatic N) is 3. The van der Waals surface area contributed by atoms with Gasteiger partial charge in [-0.2, -0.15) is 0 Å². The summed E-state index contributed by atoms with van der Waals surface area (Å²) in [5.74, 6) is 1.78. The van der Waals surface area contributed by atoms with Crippen molar-refractivity contribution in [3.05, 3.63) is 54.1 Å². The number of nitrogens with one attached hydrogen (secondary N) is 2. The summed E-state index contributed by atoms with van der Waals surface area (Å²) in [7, 11) is 1.78. The molecule has 1 aliphatic heterocycles. The van der Waals surface area contributed by atoms with Crippen LogP contribution in [-0.2, 0) is 29.0 Å². The van der Waals surface area contributed by atoms with Gasteiger partial charge in [-0.15, -0.1) is 24.0 Å². The molecule has 0 saturated carbocycles. The van der Waals surface area contributed by atoms with E-state index in [1.165, 1.54) is 5.56 Å². The van der Waals surface area contributed by atoms with E-state index >= 15 is 0 Å². The number of guanidine groups is 1. The standard InChI is InChI=1S/C21H31N5O2.HI/c1-22-21(24-10-5-14-28-19-9-15-27-17-19)25-16-20-23-11-13-26(20)12-8-18-6-3-2-4-7-18;/h2-4,6-7,11,13,19H,5,8-10,12,14-17H2,1H3,(H2,22,24,25);1H. The van der Waals surface area contributed by atoms with Crippen molar-refractivity contribution in [2.24, 2.45) is 4.99 Å². The summed E-state index contributed by atoms with van der Waals surface area (Å²) in [6, 6.07) is 10.5. The van der Waals surface area contributed by atoms with Crippen LogP contribution >= 0.6 is 24.0 Å². The predicted molar refractivity (Wildman–Crippen MR) is 126 cm³/mol. The van der Waals surface area contributed by atoms with Gasteiger partial charge in [-0.25, -0.2) is 4.98 Å². The van der Waals surface area contributed by atoms with E-state index in [1.807, 2.05) is 18.5 Å². The average molecular weight is 513 g/mol. The van der Waals surface area contributed by atoms with Crippen molar-refractivity contribution in [2.45, 2.75) is 38.5 Å². The quantitative estimate of drug-likeness (QED) is 0.221. The smallest absolute Gasteiger partial charge is 0.191 e. The summed E-state index contributed by atoms with van der Waals surface area (Å²) in [6.45, 7) is 4.65. The minimum atomic E-state index is 0. The number of aryl methyl sites for hydroxylation is 2. The van der Waals surface area contributed by atoms with E-state index in [0.29, 0.717) is 6.54 Å². The Morgan fingerprint density at radius 2 is 2.17 bits per heavy atom. The van der Waals surface area contributed by atoms with Crippen molar-refractivity contribution in [1.82, 2.24) is 20.2 Å². The van der Waals surface area contributed by atoms with Gasteiger partial charge in [0.05, 0.1) is 19.3 Å². The first-order chi connectivity index (χ1) is 13.8. The van der Waals surface area contributed by atoms with E-state index in [2.05, 4.69) is 49.4 Å². The van der Waals surface area contributed by atoms with Crippen LogP contribution < -0.4 is 10.6 Å². The van der Waals surface area contributed by atoms with Gasteiger partial charge in [-0.3, -0.25) is 4.99 Å². The SMILES string of the molecule is CN=C(NCCCOC1CCOC1)NCc1nccn1CCc1ccccc1.I. The molecule has 0 amide bonds. The molecule has 1 aromatic heterocycles. The Kier molecular flexibility index (Phi) is 11.0. The molecule has 160 valence electrons. The summed E-state index contributed by atoms with van der Waals surface area (Å²) in [5.41, 5.74) is 1.33. The highest BCUT2D eigenvalue weighted by Gasteiger charge is 2.15. The Bertz CT molecular complexity index is 717. The van der Waals surface area contributed by atoms with Gasteiger partial charge in [-0.1, -0.05) is 30.3 Å². The fourth-order valence-electron chi connectivity index (χ4n) is 3.16. The first-order valence-electron chi connectivity index (χ1n) is 10.0. The van der Waals surface area contributed by atoms with E-state index < -0.39 is 0 Å². The number of imidazole rings is 1. The van der Waals surface area contributed by atoms with Crippen LogP contribution in [0.4, 0.5) is 0 Å². The van der Waals surface area contributed by atoms with Crippen LogP contribution in [0.5, 0.6) is 0 Å². The maximum atomic E-state index is 5.78. The Balaban J connectivity index is 0.00000300. The second kappa shape index (κ2) is 13.6. The van der Waals surface area contributed by atoms with Crippen LogP contribution in [0.1, 0.15) is 24.2 Å². The molecule has 8 heteroatoms. The number of ether oxygens (including phenoxy) is 2. The number of hydrogen-bond donors (Lipinski definition) is 2. The highest BCUT2D eigenvalue weighted by atomic mass is 127. The van der Waals surface area contributed by atoms with Gasteiger partial charge < -0.3 is 24.7 Å². The Morgan fingerprint density at radius 1 is 1.31 bits per heavy atom. The molecule has 1 aliphatic rings. The highest BCUT2D eigenvalue weighted by Crippen LogP contribution is 2.08. The van der Waals surface area contributed by atoms with Gasteiger partial charge in [0.1, 0.15) is 5.82 Å². The second-order valence-corrected chi connectivity index (χ2v) is 6.83. The lowest BCUT2D eigenvalue weighted by Gasteiger charge is -2.14. The van der Waals surface area contributed by atoms with Crippen LogP contribution in [0, 0.1) is 0 Å². The molecule has 0 aliphatic carbocycles. The van der Waals surface area contributed by atoms with E-state index in [0.717, 1.165) is 64.0 Å². The molecule has 29 heavy (non-hydrogen) atoms. The van der Waals surface area contributed by atoms with Gasteiger partial charge in [-0.05, 0) is 24.8 Å². The first kappa shape index (κ1) is 23.6. The molecule has 1 aromatic carbocycles. The lowest BCUT2D eigenvalue weighted by atomic mass is 10.1. The average Bonchev–Trinajstić information content (AvgIpc) is 3.41. The van der Waals surface area contributed by atoms with E-state index in [4.69, 9.17) is 9.47 Å². The zero-order chi connectivity index (χ0) is 19.4. The fraction of sp³-hybridized carbons (Fsp3) is 0.524. The molecule has 2 N–H and O–H groups in total. The Morgan fingerprint density at radius 3 is 2.93 bits per heavy atom. The van der Waals surface area contributed by atoms with Gasteiger partial charge in [0.15, 0.2) is 5.96 Å². The fourth-order valence-corrected chi connectivity index (χ4v) is 3.16. The zero-order valence-electron chi connectivity index (χ0n) is 17.0. The van der Waals surface area contributed by atoms with Gasteiger partial charge in [0.2, 0.25) is 0 Å². The molecule has 7 nitrogen and oxygen atoms in total. The molecule has 2 aromatic rings. The zero-order valence-corrected chi connectivity index (χ0v) is 19.4. The van der Waals surface area contributed by atoms with Crippen LogP contribution in [0.2, 0.25) is 0 Å². The molecule has 2 heterocycles. The van der Waals surface area contributed by atoms with Crippen molar-refractivity contribution in [3.63, 3.8) is 0 Å². The molecular formula is C21H32IN5O2. The van der Waals surface area contributed by atoms with Crippen molar-refractivity contribution < 1.29 is 9.47 Å². The summed E-state index contributed by atoms with van der Waals surface area (Å²) in [6.07, 6.45) is 7.08. The monoisotopic (exact) mass is 513 g/mol. The van der Waals surface area contributed by atoms with E-state index in [9.17, 15) is 0 Å². The third kappa shape index (κ3) is 8.31. The summed E-state index contributed by atoms with van der Waals surface area (Å²) in [4.78, 5) is 8.76. The van der Waals surface area contributed by atoms with Crippen molar-refractivity contribution in [2.75, 3.05) is 33.4 Å². The van der Waals surface area contributed by atoms with Crippen LogP contribution in [-0.4, -0.2) is 55.0 Å². The Hall–Kier alpha value is -1.65. The number of aliphatic imine (C=N–C) groups is 1. The molecular weight excluding hydrogens is 481 g/mol. The topological polar surface area (TPSA) is 72.7 Å². The van der Waals surface area contributed by atoms with E-state index in [1.54, 1.807) is 7.05 Å². The van der Waals surface area contributed by atoms with Crippen molar-refractivity contribution in [3.8, 4) is 0 Å². The third-order valence-electron chi connectivity index (χ3n) is 4.78. The first-order valence-corrected chi connectivity index (χ1v) is 10.0. The lowest BCUT2D eigenvalue weighted by molar-refractivity contribution is 0.0420. The number of benzene rings is 1. The summed E-state index contributed by atoms with van der Waals surface area (Å²) in [5, 5.41) is 6.66. The van der Waals surface area contributed by atoms with Crippen molar-refractivity contribution >= 4 is 29.9 Å². The molecule has 1 saturated heterocycles. The number of rotatable bonds is 10. The predicted octanol–water partition coefficient (Wildman–Crippen LogP) is 2.60. The van der Waals surface area contributed by atoms with Gasteiger partial charge >= 0.3 is 0 Å². The van der Waals surface area contributed by atoms with Crippen LogP contribution in [0.15, 0.2) is 47.7 Å². The van der Waals surface area contributed by atoms with Crippen LogP contribution in [0.25, 0.3) is 0 Å². The molecule has 1 atom stereocenters. The van der Waals surface area contributed by atoms with Gasteiger partial charge in [0, 0.05) is 45.7 Å². The molecule has 1 fully saturated rings. The molecule has 1 unspecified atom stereocenters. The minimum Gasteiger partial charge on any atom is -0.379 e. The molecule has 0 bridgehead atoms. The lowest BCUT2D eigenvalue weighted by Crippen LogP contribution is -2.38. The third-order valence-corrected chi connectivity index (χ3v) is 4.78. The maximum Gasteiger partial charge on any atom is 0.191 e.